The minimum Gasteiger partial charge on any atom is -0.385 e. The van der Waals surface area contributed by atoms with Crippen molar-refractivity contribution in [2.24, 2.45) is 0 Å². The van der Waals surface area contributed by atoms with E-state index in [1.165, 1.54) is 0 Å². The molecule has 2 heterocycles. The molecule has 1 aliphatic heterocycles. The van der Waals surface area contributed by atoms with Crippen LogP contribution in [-0.4, -0.2) is 34.6 Å². The first-order chi connectivity index (χ1) is 14.7. The van der Waals surface area contributed by atoms with Gasteiger partial charge in [0.15, 0.2) is 0 Å². The number of nitrogens with zero attached hydrogens (tertiary/aromatic N) is 3. The fourth-order valence-electron chi connectivity index (χ4n) is 4.49. The van der Waals surface area contributed by atoms with Gasteiger partial charge in [0.25, 0.3) is 0 Å². The molecule has 0 aliphatic carbocycles. The van der Waals surface area contributed by atoms with Crippen LogP contribution in [0.5, 0.6) is 0 Å². The second kappa shape index (κ2) is 8.79. The molecule has 1 aliphatic rings. The van der Waals surface area contributed by atoms with Gasteiger partial charge in [-0.05, 0) is 42.0 Å². The Morgan fingerprint density at radius 2 is 1.57 bits per heavy atom. The lowest BCUT2D eigenvalue weighted by molar-refractivity contribution is -0.0265. The fraction of sp³-hybridized carbons (Fsp3) is 0.308. The largest absolute Gasteiger partial charge is 0.385 e. The summed E-state index contributed by atoms with van der Waals surface area (Å²) in [6, 6.07) is 26.5. The zero-order valence-electron chi connectivity index (χ0n) is 17.1. The molecule has 3 aromatic rings. The lowest BCUT2D eigenvalue weighted by Gasteiger charge is -2.39. The second-order valence-corrected chi connectivity index (χ2v) is 8.11. The molecule has 0 bridgehead atoms. The molecule has 1 aromatic heterocycles. The molecule has 30 heavy (non-hydrogen) atoms. The molecule has 0 amide bonds. The van der Waals surface area contributed by atoms with Gasteiger partial charge < -0.3 is 10.0 Å². The molecule has 4 rings (SSSR count). The van der Waals surface area contributed by atoms with Crippen LogP contribution in [0, 0.1) is 11.3 Å². The number of likely N-dealkylation sites (tertiary alicyclic amines) is 1. The Morgan fingerprint density at radius 3 is 2.17 bits per heavy atom. The Balaban J connectivity index is 1.50. The molecule has 1 unspecified atom stereocenters. The third-order valence-electron chi connectivity index (χ3n) is 6.41. The molecule has 0 spiro atoms. The normalized spacial score (nSPS) is 18.3. The maximum atomic E-state index is 11.1. The Kier molecular flexibility index (Phi) is 5.94. The van der Waals surface area contributed by atoms with Gasteiger partial charge in [-0.1, -0.05) is 66.7 Å². The monoisotopic (exact) mass is 397 g/mol. The van der Waals surface area contributed by atoms with Gasteiger partial charge in [0.2, 0.25) is 0 Å². The lowest BCUT2D eigenvalue weighted by Crippen LogP contribution is -2.44. The Hall–Kier alpha value is -3.00. The van der Waals surface area contributed by atoms with Gasteiger partial charge in [0.1, 0.15) is 5.41 Å². The highest BCUT2D eigenvalue weighted by Crippen LogP contribution is 2.37. The van der Waals surface area contributed by atoms with Crippen molar-refractivity contribution in [3.8, 4) is 6.07 Å². The minimum atomic E-state index is -0.757. The van der Waals surface area contributed by atoms with Gasteiger partial charge in [-0.2, -0.15) is 5.26 Å². The summed E-state index contributed by atoms with van der Waals surface area (Å²) in [4.78, 5) is 6.64. The van der Waals surface area contributed by atoms with Crippen LogP contribution >= 0.6 is 0 Å². The molecule has 1 saturated heterocycles. The van der Waals surface area contributed by atoms with E-state index in [1.54, 1.807) is 12.4 Å². The molecule has 1 fully saturated rings. The maximum absolute atomic E-state index is 11.1. The van der Waals surface area contributed by atoms with E-state index in [1.807, 2.05) is 72.8 Å². The van der Waals surface area contributed by atoms with Crippen LogP contribution in [0.25, 0.3) is 0 Å². The predicted molar refractivity (Wildman–Crippen MR) is 118 cm³/mol. The summed E-state index contributed by atoms with van der Waals surface area (Å²) in [6.45, 7) is 2.42. The summed E-state index contributed by atoms with van der Waals surface area (Å²) >= 11 is 0. The van der Waals surface area contributed by atoms with Gasteiger partial charge in [-0.25, -0.2) is 0 Å². The highest BCUT2D eigenvalue weighted by molar-refractivity contribution is 5.44. The van der Waals surface area contributed by atoms with Crippen LogP contribution < -0.4 is 0 Å². The standard InChI is InChI=1S/C26H27N3O/c27-21-25(22-8-3-1-4-9-22,24-12-7-16-28-20-24)13-17-29-18-14-26(30,15-19-29)23-10-5-2-6-11-23/h1-12,16,20,30H,13-15,17-19H2. The smallest absolute Gasteiger partial charge is 0.110 e. The van der Waals surface area contributed by atoms with Crippen molar-refractivity contribution < 1.29 is 5.11 Å². The number of hydrogen-bond acceptors (Lipinski definition) is 4. The average Bonchev–Trinajstić information content (AvgIpc) is 2.83. The number of aromatic nitrogens is 1. The van der Waals surface area contributed by atoms with Crippen molar-refractivity contribution in [2.45, 2.75) is 30.3 Å². The number of pyridine rings is 1. The van der Waals surface area contributed by atoms with Crippen molar-refractivity contribution >= 4 is 0 Å². The molecule has 0 saturated carbocycles. The summed E-state index contributed by atoms with van der Waals surface area (Å²) in [7, 11) is 0. The Morgan fingerprint density at radius 1 is 0.933 bits per heavy atom. The van der Waals surface area contributed by atoms with Crippen LogP contribution in [0.4, 0.5) is 0 Å². The third-order valence-corrected chi connectivity index (χ3v) is 6.41. The van der Waals surface area contributed by atoms with Crippen molar-refractivity contribution in [3.05, 3.63) is 102 Å². The maximum Gasteiger partial charge on any atom is 0.110 e. The van der Waals surface area contributed by atoms with E-state index in [0.29, 0.717) is 19.3 Å². The van der Waals surface area contributed by atoms with Gasteiger partial charge in [-0.15, -0.1) is 0 Å². The van der Waals surface area contributed by atoms with E-state index < -0.39 is 11.0 Å². The molecule has 152 valence electrons. The first-order valence-electron chi connectivity index (χ1n) is 10.5. The minimum absolute atomic E-state index is 0.684. The van der Waals surface area contributed by atoms with E-state index in [2.05, 4.69) is 16.0 Å². The second-order valence-electron chi connectivity index (χ2n) is 8.11. The lowest BCUT2D eigenvalue weighted by atomic mass is 9.73. The quantitative estimate of drug-likeness (QED) is 0.675. The Bertz CT molecular complexity index is 936. The predicted octanol–water partition coefficient (Wildman–Crippen LogP) is 4.26. The summed E-state index contributed by atoms with van der Waals surface area (Å²) in [5, 5.41) is 21.4. The van der Waals surface area contributed by atoms with E-state index in [4.69, 9.17) is 0 Å². The van der Waals surface area contributed by atoms with Crippen molar-refractivity contribution in [1.82, 2.24) is 9.88 Å². The summed E-state index contributed by atoms with van der Waals surface area (Å²) in [5.41, 5.74) is 1.43. The van der Waals surface area contributed by atoms with Crippen LogP contribution in [0.2, 0.25) is 0 Å². The van der Waals surface area contributed by atoms with Gasteiger partial charge in [0.05, 0.1) is 11.7 Å². The number of nitriles is 1. The molecular formula is C26H27N3O. The number of piperidine rings is 1. The molecule has 4 nitrogen and oxygen atoms in total. The zero-order valence-corrected chi connectivity index (χ0v) is 17.1. The SMILES string of the molecule is N#CC(CCN1CCC(O)(c2ccccc2)CC1)(c1ccccc1)c1cccnc1. The van der Waals surface area contributed by atoms with E-state index in [0.717, 1.165) is 36.3 Å². The van der Waals surface area contributed by atoms with E-state index in [9.17, 15) is 10.4 Å². The highest BCUT2D eigenvalue weighted by atomic mass is 16.3. The number of hydrogen-bond donors (Lipinski definition) is 1. The molecule has 1 atom stereocenters. The van der Waals surface area contributed by atoms with Crippen molar-refractivity contribution in [1.29, 1.82) is 5.26 Å². The van der Waals surface area contributed by atoms with E-state index in [-0.39, 0.29) is 0 Å². The van der Waals surface area contributed by atoms with Crippen LogP contribution in [0.15, 0.2) is 85.2 Å². The van der Waals surface area contributed by atoms with Crippen molar-refractivity contribution in [3.63, 3.8) is 0 Å². The molecular weight excluding hydrogens is 370 g/mol. The van der Waals surface area contributed by atoms with Crippen LogP contribution in [-0.2, 0) is 11.0 Å². The van der Waals surface area contributed by atoms with Gasteiger partial charge >= 0.3 is 0 Å². The summed E-state index contributed by atoms with van der Waals surface area (Å²) < 4.78 is 0. The number of aliphatic hydroxyl groups is 1. The highest BCUT2D eigenvalue weighted by Gasteiger charge is 2.37. The topological polar surface area (TPSA) is 60.2 Å². The molecule has 1 N–H and O–H groups in total. The molecule has 4 heteroatoms. The summed E-state index contributed by atoms with van der Waals surface area (Å²) in [6.07, 6.45) is 5.64. The van der Waals surface area contributed by atoms with E-state index >= 15 is 0 Å². The first-order valence-corrected chi connectivity index (χ1v) is 10.5. The van der Waals surface area contributed by atoms with Crippen LogP contribution in [0.1, 0.15) is 36.0 Å². The fourth-order valence-corrected chi connectivity index (χ4v) is 4.49. The summed E-state index contributed by atoms with van der Waals surface area (Å²) in [5.74, 6) is 0. The number of rotatable bonds is 6. The average molecular weight is 398 g/mol. The molecule has 0 radical (unpaired) electrons. The third kappa shape index (κ3) is 4.00. The van der Waals surface area contributed by atoms with Crippen LogP contribution in [0.3, 0.4) is 0 Å². The molecule has 2 aromatic carbocycles. The first kappa shape index (κ1) is 20.3. The zero-order chi connectivity index (χ0) is 20.9. The van der Waals surface area contributed by atoms with Crippen molar-refractivity contribution in [2.75, 3.05) is 19.6 Å². The number of benzene rings is 2. The van der Waals surface area contributed by atoms with Gasteiger partial charge in [0, 0.05) is 32.0 Å². The Labute approximate surface area is 178 Å². The van der Waals surface area contributed by atoms with Gasteiger partial charge in [-0.3, -0.25) is 4.98 Å².